The molecule has 0 radical (unpaired) electrons. The predicted octanol–water partition coefficient (Wildman–Crippen LogP) is 1.04. The Morgan fingerprint density at radius 1 is 1.50 bits per heavy atom. The van der Waals surface area contributed by atoms with Crippen LogP contribution in [-0.2, 0) is 16.3 Å². The van der Waals surface area contributed by atoms with E-state index in [1.807, 2.05) is 22.7 Å². The van der Waals surface area contributed by atoms with E-state index in [2.05, 4.69) is 4.98 Å². The lowest BCUT2D eigenvalue weighted by molar-refractivity contribution is 0.586. The number of sulfone groups is 1. The van der Waals surface area contributed by atoms with E-state index in [0.29, 0.717) is 17.9 Å². The van der Waals surface area contributed by atoms with Gasteiger partial charge in [0.25, 0.3) is 0 Å². The van der Waals surface area contributed by atoms with Gasteiger partial charge in [-0.25, -0.2) is 13.4 Å². The number of fused-ring (bicyclic) bond motifs is 1. The normalized spacial score (nSPS) is 22.6. The van der Waals surface area contributed by atoms with E-state index >= 15 is 0 Å². The number of aromatic nitrogens is 2. The summed E-state index contributed by atoms with van der Waals surface area (Å²) in [5, 5.41) is -0.287. The maximum Gasteiger partial charge on any atom is 0.153 e. The van der Waals surface area contributed by atoms with Gasteiger partial charge in [-0.2, -0.15) is 0 Å². The van der Waals surface area contributed by atoms with Gasteiger partial charge in [0.15, 0.2) is 9.84 Å². The Hall–Kier alpha value is -1.56. The summed E-state index contributed by atoms with van der Waals surface area (Å²) >= 11 is 0. The number of pyridine rings is 1. The van der Waals surface area contributed by atoms with Crippen molar-refractivity contribution in [2.24, 2.45) is 0 Å². The Kier molecular flexibility index (Phi) is 2.55. The zero-order valence-corrected chi connectivity index (χ0v) is 10.7. The first kappa shape index (κ1) is 11.5. The van der Waals surface area contributed by atoms with Crippen LogP contribution < -0.4 is 5.73 Å². The Bertz CT molecular complexity index is 690. The molecule has 0 spiro atoms. The van der Waals surface area contributed by atoms with Gasteiger partial charge in [-0.3, -0.25) is 0 Å². The fourth-order valence-corrected chi connectivity index (χ4v) is 4.37. The van der Waals surface area contributed by atoms with E-state index in [9.17, 15) is 8.42 Å². The fourth-order valence-electron chi connectivity index (χ4n) is 2.54. The monoisotopic (exact) mass is 265 g/mol. The number of nitrogens with two attached hydrogens (primary N) is 1. The van der Waals surface area contributed by atoms with Gasteiger partial charge in [0, 0.05) is 12.6 Å². The van der Waals surface area contributed by atoms with Crippen molar-refractivity contribution in [3.63, 3.8) is 0 Å². The first-order chi connectivity index (χ1) is 8.58. The molecule has 0 aliphatic carbocycles. The van der Waals surface area contributed by atoms with Crippen LogP contribution in [0.1, 0.15) is 18.7 Å². The van der Waals surface area contributed by atoms with Crippen LogP contribution in [0.2, 0.25) is 0 Å². The number of nitrogens with zero attached hydrogens (tertiary/aromatic N) is 2. The summed E-state index contributed by atoms with van der Waals surface area (Å²) in [5.74, 6) is 1.08. The summed E-state index contributed by atoms with van der Waals surface area (Å²) in [5.41, 5.74) is 7.35. The van der Waals surface area contributed by atoms with E-state index in [-0.39, 0.29) is 5.25 Å². The quantitative estimate of drug-likeness (QED) is 0.880. The summed E-state index contributed by atoms with van der Waals surface area (Å²) in [7, 11) is -2.93. The highest BCUT2D eigenvalue weighted by atomic mass is 32.2. The van der Waals surface area contributed by atoms with Crippen LogP contribution in [0.5, 0.6) is 0 Å². The minimum Gasteiger partial charge on any atom is -0.397 e. The van der Waals surface area contributed by atoms with Crippen LogP contribution in [0.3, 0.4) is 0 Å². The largest absolute Gasteiger partial charge is 0.397 e. The molecule has 2 aromatic rings. The van der Waals surface area contributed by atoms with Crippen molar-refractivity contribution in [3.8, 4) is 0 Å². The SMILES string of the molecule is Nc1cccn2c(CC3CCCS3(=O)=O)ncc12. The molecule has 1 aliphatic heterocycles. The van der Waals surface area contributed by atoms with Crippen molar-refractivity contribution in [3.05, 3.63) is 30.4 Å². The van der Waals surface area contributed by atoms with E-state index in [1.165, 1.54) is 0 Å². The predicted molar refractivity (Wildman–Crippen MR) is 70.1 cm³/mol. The van der Waals surface area contributed by atoms with E-state index in [0.717, 1.165) is 24.2 Å². The van der Waals surface area contributed by atoms with Crippen molar-refractivity contribution < 1.29 is 8.42 Å². The van der Waals surface area contributed by atoms with Crippen molar-refractivity contribution >= 4 is 21.0 Å². The van der Waals surface area contributed by atoms with Crippen LogP contribution in [-0.4, -0.2) is 28.8 Å². The average Bonchev–Trinajstić information content (AvgIpc) is 2.86. The minimum absolute atomic E-state index is 0.287. The Morgan fingerprint density at radius 2 is 2.33 bits per heavy atom. The molecule has 1 saturated heterocycles. The lowest BCUT2D eigenvalue weighted by atomic mass is 10.2. The number of nitrogen functional groups attached to an aromatic ring is 1. The van der Waals surface area contributed by atoms with Crippen LogP contribution >= 0.6 is 0 Å². The molecule has 0 bridgehead atoms. The zero-order chi connectivity index (χ0) is 12.8. The van der Waals surface area contributed by atoms with Gasteiger partial charge in [-0.15, -0.1) is 0 Å². The summed E-state index contributed by atoms with van der Waals surface area (Å²) in [6, 6.07) is 3.66. The number of imidazole rings is 1. The molecule has 6 heteroatoms. The molecule has 0 saturated carbocycles. The second kappa shape index (κ2) is 3.98. The highest BCUT2D eigenvalue weighted by molar-refractivity contribution is 7.92. The second-order valence-corrected chi connectivity index (χ2v) is 7.13. The van der Waals surface area contributed by atoms with E-state index in [1.54, 1.807) is 6.20 Å². The van der Waals surface area contributed by atoms with E-state index in [4.69, 9.17) is 5.73 Å². The van der Waals surface area contributed by atoms with Gasteiger partial charge < -0.3 is 10.1 Å². The molecule has 0 amide bonds. The average molecular weight is 265 g/mol. The zero-order valence-electron chi connectivity index (χ0n) is 9.91. The molecule has 2 aromatic heterocycles. The van der Waals surface area contributed by atoms with Gasteiger partial charge in [0.2, 0.25) is 0 Å². The summed E-state index contributed by atoms with van der Waals surface area (Å²) in [6.07, 6.45) is 5.54. The molecule has 0 aromatic carbocycles. The third kappa shape index (κ3) is 1.77. The summed E-state index contributed by atoms with van der Waals surface area (Å²) in [6.45, 7) is 0. The molecular weight excluding hydrogens is 250 g/mol. The third-order valence-electron chi connectivity index (χ3n) is 3.55. The first-order valence-electron chi connectivity index (χ1n) is 6.00. The molecule has 2 N–H and O–H groups in total. The lowest BCUT2D eigenvalue weighted by Crippen LogP contribution is -2.19. The number of anilines is 1. The van der Waals surface area contributed by atoms with Gasteiger partial charge in [-0.05, 0) is 25.0 Å². The maximum atomic E-state index is 11.8. The Balaban J connectivity index is 1.99. The molecular formula is C12H15N3O2S. The van der Waals surface area contributed by atoms with Gasteiger partial charge >= 0.3 is 0 Å². The highest BCUT2D eigenvalue weighted by Crippen LogP contribution is 2.24. The molecule has 1 unspecified atom stereocenters. The standard InChI is InChI=1S/C12H15N3O2S/c13-10-4-1-5-15-11(10)8-14-12(15)7-9-3-2-6-18(9,16)17/h1,4-5,8-9H,2-3,6-7,13H2. The fraction of sp³-hybridized carbons (Fsp3) is 0.417. The van der Waals surface area contributed by atoms with Gasteiger partial charge in [0.05, 0.1) is 28.4 Å². The molecule has 96 valence electrons. The molecule has 3 rings (SSSR count). The van der Waals surface area contributed by atoms with Crippen LogP contribution in [0.25, 0.3) is 5.52 Å². The van der Waals surface area contributed by atoms with Crippen molar-refractivity contribution in [1.29, 1.82) is 0 Å². The van der Waals surface area contributed by atoms with Gasteiger partial charge in [-0.1, -0.05) is 0 Å². The van der Waals surface area contributed by atoms with Crippen LogP contribution in [0.4, 0.5) is 5.69 Å². The number of hydrogen-bond donors (Lipinski definition) is 1. The first-order valence-corrected chi connectivity index (χ1v) is 7.71. The topological polar surface area (TPSA) is 77.5 Å². The Labute approximate surface area is 106 Å². The minimum atomic E-state index is -2.93. The van der Waals surface area contributed by atoms with Crippen LogP contribution in [0, 0.1) is 0 Å². The highest BCUT2D eigenvalue weighted by Gasteiger charge is 2.32. The third-order valence-corrected chi connectivity index (χ3v) is 5.83. The van der Waals surface area contributed by atoms with Gasteiger partial charge in [0.1, 0.15) is 5.82 Å². The smallest absolute Gasteiger partial charge is 0.153 e. The second-order valence-electron chi connectivity index (χ2n) is 4.73. The molecule has 1 atom stereocenters. The Morgan fingerprint density at radius 3 is 3.06 bits per heavy atom. The summed E-state index contributed by atoms with van der Waals surface area (Å²) < 4.78 is 25.5. The number of rotatable bonds is 2. The lowest BCUT2D eigenvalue weighted by Gasteiger charge is -2.08. The molecule has 1 aliphatic rings. The van der Waals surface area contributed by atoms with Crippen molar-refractivity contribution in [2.75, 3.05) is 11.5 Å². The molecule has 1 fully saturated rings. The van der Waals surface area contributed by atoms with Crippen molar-refractivity contribution in [2.45, 2.75) is 24.5 Å². The maximum absolute atomic E-state index is 11.8. The van der Waals surface area contributed by atoms with Crippen LogP contribution in [0.15, 0.2) is 24.5 Å². The summed E-state index contributed by atoms with van der Waals surface area (Å²) in [4.78, 5) is 4.30. The van der Waals surface area contributed by atoms with E-state index < -0.39 is 9.84 Å². The molecule has 18 heavy (non-hydrogen) atoms. The molecule has 5 nitrogen and oxygen atoms in total. The molecule has 3 heterocycles. The van der Waals surface area contributed by atoms with Crippen molar-refractivity contribution in [1.82, 2.24) is 9.38 Å². The number of hydrogen-bond acceptors (Lipinski definition) is 4.